The number of benzene rings is 1. The lowest BCUT2D eigenvalue weighted by molar-refractivity contribution is -0.133. The molecular weight excluding hydrogens is 311 g/mol. The molecule has 2 N–H and O–H groups in total. The third-order valence-electron chi connectivity index (χ3n) is 3.84. The number of carbonyl (C=O) groups excluding carboxylic acids is 1. The van der Waals surface area contributed by atoms with Crippen LogP contribution in [0, 0.1) is 5.82 Å². The molecule has 1 atom stereocenters. The van der Waals surface area contributed by atoms with Gasteiger partial charge in [-0.15, -0.1) is 0 Å². The smallest absolute Gasteiger partial charge is 0.227 e. The van der Waals surface area contributed by atoms with Crippen molar-refractivity contribution in [1.29, 1.82) is 0 Å². The number of carbonyl (C=O) groups is 1. The first kappa shape index (κ1) is 14.5. The fourth-order valence-electron chi connectivity index (χ4n) is 2.60. The highest BCUT2D eigenvalue weighted by Gasteiger charge is 2.38. The Balaban J connectivity index is 2.15. The van der Waals surface area contributed by atoms with Gasteiger partial charge in [0.15, 0.2) is 0 Å². The van der Waals surface area contributed by atoms with Crippen molar-refractivity contribution in [2.45, 2.75) is 31.7 Å². The minimum absolute atomic E-state index is 0.0533. The van der Waals surface area contributed by atoms with E-state index in [4.69, 9.17) is 5.73 Å². The van der Waals surface area contributed by atoms with Gasteiger partial charge in [0, 0.05) is 17.6 Å². The molecule has 0 spiro atoms. The summed E-state index contributed by atoms with van der Waals surface area (Å²) in [5, 5.41) is 0. The van der Waals surface area contributed by atoms with E-state index in [1.54, 1.807) is 17.0 Å². The van der Waals surface area contributed by atoms with Crippen LogP contribution in [0.2, 0.25) is 0 Å². The Morgan fingerprint density at radius 1 is 1.58 bits per heavy atom. The van der Waals surface area contributed by atoms with Gasteiger partial charge in [-0.3, -0.25) is 4.79 Å². The second kappa shape index (κ2) is 5.59. The molecule has 1 aromatic carbocycles. The first-order chi connectivity index (χ1) is 8.96. The molecule has 3 nitrogen and oxygen atoms in total. The van der Waals surface area contributed by atoms with Gasteiger partial charge in [-0.05, 0) is 43.5 Å². The molecule has 2 rings (SSSR count). The van der Waals surface area contributed by atoms with Crippen molar-refractivity contribution in [2.24, 2.45) is 5.73 Å². The summed E-state index contributed by atoms with van der Waals surface area (Å²) in [5.41, 5.74) is 5.91. The molecule has 1 saturated heterocycles. The van der Waals surface area contributed by atoms with Gasteiger partial charge >= 0.3 is 0 Å². The van der Waals surface area contributed by atoms with Crippen LogP contribution in [0.5, 0.6) is 0 Å². The second-order valence-corrected chi connectivity index (χ2v) is 6.18. The van der Waals surface area contributed by atoms with Gasteiger partial charge in [0.25, 0.3) is 0 Å². The molecule has 19 heavy (non-hydrogen) atoms. The lowest BCUT2D eigenvalue weighted by Gasteiger charge is -2.34. The normalized spacial score (nSPS) is 22.8. The zero-order valence-corrected chi connectivity index (χ0v) is 12.5. The molecule has 1 aliphatic heterocycles. The number of likely N-dealkylation sites (tertiary alicyclic amines) is 1. The maximum absolute atomic E-state index is 13.7. The van der Waals surface area contributed by atoms with Crippen LogP contribution in [0.25, 0.3) is 0 Å². The zero-order chi connectivity index (χ0) is 14.0. The molecule has 1 unspecified atom stereocenters. The van der Waals surface area contributed by atoms with Crippen LogP contribution in [-0.2, 0) is 11.2 Å². The van der Waals surface area contributed by atoms with Crippen molar-refractivity contribution in [3.63, 3.8) is 0 Å². The van der Waals surface area contributed by atoms with E-state index >= 15 is 0 Å². The molecule has 0 aromatic heterocycles. The fourth-order valence-corrected chi connectivity index (χ4v) is 3.01. The van der Waals surface area contributed by atoms with Crippen molar-refractivity contribution in [3.05, 3.63) is 34.1 Å². The first-order valence-electron chi connectivity index (χ1n) is 6.41. The van der Waals surface area contributed by atoms with Gasteiger partial charge in [0.1, 0.15) is 5.82 Å². The maximum atomic E-state index is 13.7. The molecule has 0 saturated carbocycles. The highest BCUT2D eigenvalue weighted by atomic mass is 79.9. The Kier molecular flexibility index (Phi) is 4.26. The molecule has 1 fully saturated rings. The van der Waals surface area contributed by atoms with Crippen LogP contribution in [0.1, 0.15) is 25.3 Å². The van der Waals surface area contributed by atoms with Crippen LogP contribution in [0.4, 0.5) is 4.39 Å². The van der Waals surface area contributed by atoms with Crippen molar-refractivity contribution in [2.75, 3.05) is 13.1 Å². The Bertz CT molecular complexity index is 494. The molecule has 1 amide bonds. The van der Waals surface area contributed by atoms with E-state index in [1.165, 1.54) is 6.07 Å². The van der Waals surface area contributed by atoms with Gasteiger partial charge in [-0.25, -0.2) is 4.39 Å². The van der Waals surface area contributed by atoms with E-state index < -0.39 is 0 Å². The van der Waals surface area contributed by atoms with Crippen molar-refractivity contribution >= 4 is 21.8 Å². The number of hydrogen-bond donors (Lipinski definition) is 1. The molecule has 1 aromatic rings. The average Bonchev–Trinajstić information content (AvgIpc) is 2.77. The van der Waals surface area contributed by atoms with Crippen LogP contribution in [0.15, 0.2) is 22.7 Å². The van der Waals surface area contributed by atoms with E-state index in [-0.39, 0.29) is 23.7 Å². The Morgan fingerprint density at radius 3 is 3.00 bits per heavy atom. The third-order valence-corrected chi connectivity index (χ3v) is 4.33. The van der Waals surface area contributed by atoms with Crippen LogP contribution in [-0.4, -0.2) is 29.4 Å². The molecule has 1 aliphatic rings. The van der Waals surface area contributed by atoms with E-state index in [0.29, 0.717) is 18.7 Å². The van der Waals surface area contributed by atoms with Gasteiger partial charge in [0.05, 0.1) is 12.0 Å². The van der Waals surface area contributed by atoms with Gasteiger partial charge < -0.3 is 10.6 Å². The number of rotatable bonds is 3. The minimum atomic E-state index is -0.342. The summed E-state index contributed by atoms with van der Waals surface area (Å²) in [6.07, 6.45) is 1.96. The molecule has 0 bridgehead atoms. The maximum Gasteiger partial charge on any atom is 0.227 e. The van der Waals surface area contributed by atoms with E-state index in [2.05, 4.69) is 15.9 Å². The topological polar surface area (TPSA) is 46.3 Å². The molecule has 0 aliphatic carbocycles. The first-order valence-corrected chi connectivity index (χ1v) is 7.20. The van der Waals surface area contributed by atoms with Gasteiger partial charge in [0.2, 0.25) is 5.91 Å². The molecule has 0 radical (unpaired) electrons. The second-order valence-electron chi connectivity index (χ2n) is 5.26. The lowest BCUT2D eigenvalue weighted by atomic mass is 9.98. The summed E-state index contributed by atoms with van der Waals surface area (Å²) < 4.78 is 14.5. The third kappa shape index (κ3) is 2.98. The number of nitrogens with zero attached hydrogens (tertiary/aromatic N) is 1. The molecule has 5 heteroatoms. The molecular formula is C14H18BrFN2O. The van der Waals surface area contributed by atoms with Crippen LogP contribution >= 0.6 is 15.9 Å². The number of halogens is 2. The summed E-state index contributed by atoms with van der Waals surface area (Å²) in [4.78, 5) is 14.1. The van der Waals surface area contributed by atoms with Crippen LogP contribution < -0.4 is 5.73 Å². The minimum Gasteiger partial charge on any atom is -0.336 e. The van der Waals surface area contributed by atoms with E-state index in [1.807, 2.05) is 6.92 Å². The highest BCUT2D eigenvalue weighted by molar-refractivity contribution is 9.10. The summed E-state index contributed by atoms with van der Waals surface area (Å²) in [6, 6.07) is 4.66. The number of amides is 1. The standard InChI is InChI=1S/C14H18BrFN2O/c1-14(9-17)5-2-6-18(14)13(19)8-10-7-11(15)3-4-12(10)16/h3-4,7H,2,5-6,8-9,17H2,1H3. The quantitative estimate of drug-likeness (QED) is 0.926. The number of nitrogens with two attached hydrogens (primary N) is 1. The Labute approximate surface area is 121 Å². The van der Waals surface area contributed by atoms with E-state index in [0.717, 1.165) is 17.3 Å². The Morgan fingerprint density at radius 2 is 2.32 bits per heavy atom. The highest BCUT2D eigenvalue weighted by Crippen LogP contribution is 2.29. The van der Waals surface area contributed by atoms with Gasteiger partial charge in [-0.1, -0.05) is 15.9 Å². The summed E-state index contributed by atoms with van der Waals surface area (Å²) in [6.45, 7) is 3.15. The largest absolute Gasteiger partial charge is 0.336 e. The lowest BCUT2D eigenvalue weighted by Crippen LogP contribution is -2.50. The van der Waals surface area contributed by atoms with Crippen molar-refractivity contribution < 1.29 is 9.18 Å². The van der Waals surface area contributed by atoms with Crippen molar-refractivity contribution in [3.8, 4) is 0 Å². The predicted octanol–water partition coefficient (Wildman–Crippen LogP) is 2.47. The SMILES string of the molecule is CC1(CN)CCCN1C(=O)Cc1cc(Br)ccc1F. The van der Waals surface area contributed by atoms with Gasteiger partial charge in [-0.2, -0.15) is 0 Å². The average molecular weight is 329 g/mol. The summed E-state index contributed by atoms with van der Waals surface area (Å²) in [7, 11) is 0. The monoisotopic (exact) mass is 328 g/mol. The molecule has 1 heterocycles. The van der Waals surface area contributed by atoms with E-state index in [9.17, 15) is 9.18 Å². The summed E-state index contributed by atoms with van der Waals surface area (Å²) in [5.74, 6) is -0.396. The van der Waals surface area contributed by atoms with Crippen molar-refractivity contribution in [1.82, 2.24) is 4.90 Å². The summed E-state index contributed by atoms with van der Waals surface area (Å²) >= 11 is 3.29. The zero-order valence-electron chi connectivity index (χ0n) is 11.0. The fraction of sp³-hybridized carbons (Fsp3) is 0.500. The van der Waals surface area contributed by atoms with Crippen LogP contribution in [0.3, 0.4) is 0 Å². The predicted molar refractivity (Wildman–Crippen MR) is 76.2 cm³/mol. The Hall–Kier alpha value is -0.940. The molecule has 104 valence electrons. The number of hydrogen-bond acceptors (Lipinski definition) is 2.